The fourth-order valence-electron chi connectivity index (χ4n) is 3.14. The van der Waals surface area contributed by atoms with Crippen LogP contribution in [0.1, 0.15) is 43.0 Å². The smallest absolute Gasteiger partial charge is 0.340 e. The van der Waals surface area contributed by atoms with Gasteiger partial charge in [-0.3, -0.25) is 10.1 Å². The van der Waals surface area contributed by atoms with Gasteiger partial charge in [0.25, 0.3) is 5.91 Å². The molecule has 0 saturated heterocycles. The minimum absolute atomic E-state index is 0.00528. The zero-order valence-electron chi connectivity index (χ0n) is 17.1. The number of imide groups is 1. The number of hydrogen-bond donors (Lipinski definition) is 2. The summed E-state index contributed by atoms with van der Waals surface area (Å²) in [5.74, 6) is -1.46. The van der Waals surface area contributed by atoms with Crippen molar-refractivity contribution in [2.24, 2.45) is 5.92 Å². The Morgan fingerprint density at radius 1 is 1.20 bits per heavy atom. The maximum absolute atomic E-state index is 12.3. The number of rotatable bonds is 6. The number of benzene rings is 1. The SMILES string of the molecule is CC1CCCCC1NC(=O)NC(=O)COC(=O)c1cc(S(=O)(=O)N(C)C)ccc1Cl. The molecule has 2 unspecified atom stereocenters. The molecule has 1 fully saturated rings. The highest BCUT2D eigenvalue weighted by atomic mass is 35.5. The lowest BCUT2D eigenvalue weighted by molar-refractivity contribution is -0.123. The standard InChI is InChI=1S/C19H26ClN3O6S/c1-12-6-4-5-7-16(12)21-19(26)22-17(24)11-29-18(25)14-10-13(8-9-15(14)20)30(27,28)23(2)3/h8-10,12,16H,4-7,11H2,1-3H3,(H2,21,22,24,26). The van der Waals surface area contributed by atoms with E-state index in [1.165, 1.54) is 26.2 Å². The van der Waals surface area contributed by atoms with Crippen molar-refractivity contribution >= 4 is 39.5 Å². The van der Waals surface area contributed by atoms with Gasteiger partial charge in [0, 0.05) is 20.1 Å². The van der Waals surface area contributed by atoms with Crippen LogP contribution in [0.5, 0.6) is 0 Å². The van der Waals surface area contributed by atoms with E-state index in [-0.39, 0.29) is 21.5 Å². The zero-order valence-corrected chi connectivity index (χ0v) is 18.7. The lowest BCUT2D eigenvalue weighted by Crippen LogP contribution is -2.48. The number of amides is 3. The summed E-state index contributed by atoms with van der Waals surface area (Å²) in [5.41, 5.74) is -0.201. The number of hydrogen-bond acceptors (Lipinski definition) is 6. The molecule has 2 rings (SSSR count). The van der Waals surface area contributed by atoms with E-state index >= 15 is 0 Å². The zero-order chi connectivity index (χ0) is 22.5. The maximum Gasteiger partial charge on any atom is 0.340 e. The van der Waals surface area contributed by atoms with Crippen molar-refractivity contribution in [2.75, 3.05) is 20.7 Å². The Labute approximate surface area is 181 Å². The van der Waals surface area contributed by atoms with Gasteiger partial charge in [-0.25, -0.2) is 22.3 Å². The molecule has 0 aromatic heterocycles. The molecule has 0 bridgehead atoms. The van der Waals surface area contributed by atoms with Crippen LogP contribution in [0, 0.1) is 5.92 Å². The molecular weight excluding hydrogens is 434 g/mol. The summed E-state index contributed by atoms with van der Waals surface area (Å²) in [5, 5.41) is 4.85. The van der Waals surface area contributed by atoms with Crippen LogP contribution in [0.3, 0.4) is 0 Å². The summed E-state index contributed by atoms with van der Waals surface area (Å²) in [6.07, 6.45) is 4.00. The van der Waals surface area contributed by atoms with Crippen molar-refractivity contribution in [3.05, 3.63) is 28.8 Å². The first-order chi connectivity index (χ1) is 14.0. The average molecular weight is 460 g/mol. The van der Waals surface area contributed by atoms with Gasteiger partial charge in [0.1, 0.15) is 0 Å². The molecule has 1 saturated carbocycles. The van der Waals surface area contributed by atoms with Crippen LogP contribution in [-0.4, -0.2) is 57.4 Å². The molecule has 166 valence electrons. The second-order valence-corrected chi connectivity index (χ2v) is 9.95. The third-order valence-electron chi connectivity index (χ3n) is 4.95. The van der Waals surface area contributed by atoms with Gasteiger partial charge in [0.2, 0.25) is 10.0 Å². The number of nitrogens with one attached hydrogen (secondary N) is 2. The van der Waals surface area contributed by atoms with E-state index in [2.05, 4.69) is 10.6 Å². The van der Waals surface area contributed by atoms with E-state index in [1.807, 2.05) is 6.92 Å². The Morgan fingerprint density at radius 3 is 2.50 bits per heavy atom. The Kier molecular flexibility index (Phi) is 8.22. The minimum atomic E-state index is -3.78. The Hall–Kier alpha value is -2.17. The number of urea groups is 1. The lowest BCUT2D eigenvalue weighted by atomic mass is 9.86. The van der Waals surface area contributed by atoms with Crippen molar-refractivity contribution in [1.29, 1.82) is 0 Å². The van der Waals surface area contributed by atoms with Gasteiger partial charge in [0.05, 0.1) is 15.5 Å². The predicted octanol–water partition coefficient (Wildman–Crippen LogP) is 2.15. The Morgan fingerprint density at radius 2 is 1.87 bits per heavy atom. The maximum atomic E-state index is 12.3. The largest absolute Gasteiger partial charge is 0.452 e. The quantitative estimate of drug-likeness (QED) is 0.628. The van der Waals surface area contributed by atoms with Crippen LogP contribution < -0.4 is 10.6 Å². The Balaban J connectivity index is 1.93. The highest BCUT2D eigenvalue weighted by Crippen LogP contribution is 2.24. The van der Waals surface area contributed by atoms with Crippen molar-refractivity contribution in [1.82, 2.24) is 14.9 Å². The van der Waals surface area contributed by atoms with Crippen LogP contribution >= 0.6 is 11.6 Å². The van der Waals surface area contributed by atoms with E-state index in [0.29, 0.717) is 5.92 Å². The topological polar surface area (TPSA) is 122 Å². The first-order valence-corrected chi connectivity index (χ1v) is 11.3. The number of carbonyl (C=O) groups excluding carboxylic acids is 3. The van der Waals surface area contributed by atoms with Crippen LogP contribution in [0.4, 0.5) is 4.79 Å². The molecule has 0 radical (unpaired) electrons. The number of halogens is 1. The average Bonchev–Trinajstić information content (AvgIpc) is 2.68. The summed E-state index contributed by atoms with van der Waals surface area (Å²) in [4.78, 5) is 36.0. The van der Waals surface area contributed by atoms with E-state index in [4.69, 9.17) is 16.3 Å². The minimum Gasteiger partial charge on any atom is -0.452 e. The molecule has 1 aliphatic carbocycles. The Bertz CT molecular complexity index is 919. The monoisotopic (exact) mass is 459 g/mol. The van der Waals surface area contributed by atoms with Gasteiger partial charge in [-0.2, -0.15) is 0 Å². The molecule has 1 aliphatic rings. The highest BCUT2D eigenvalue weighted by Gasteiger charge is 2.24. The summed E-state index contributed by atoms with van der Waals surface area (Å²) in [7, 11) is -1.08. The highest BCUT2D eigenvalue weighted by molar-refractivity contribution is 7.89. The van der Waals surface area contributed by atoms with Gasteiger partial charge in [-0.1, -0.05) is 31.4 Å². The third-order valence-corrected chi connectivity index (χ3v) is 7.09. The molecule has 2 atom stereocenters. The molecule has 9 nitrogen and oxygen atoms in total. The van der Waals surface area contributed by atoms with Crippen LogP contribution in [0.25, 0.3) is 0 Å². The molecule has 0 aliphatic heterocycles. The van der Waals surface area contributed by atoms with E-state index in [9.17, 15) is 22.8 Å². The first kappa shape index (κ1) is 24.1. The molecule has 0 heterocycles. The van der Waals surface area contributed by atoms with Crippen LogP contribution in [0.15, 0.2) is 23.1 Å². The molecule has 1 aromatic rings. The third kappa shape index (κ3) is 6.16. The van der Waals surface area contributed by atoms with Gasteiger partial charge < -0.3 is 10.1 Å². The number of carbonyl (C=O) groups is 3. The van der Waals surface area contributed by atoms with Gasteiger partial charge in [-0.05, 0) is 37.0 Å². The van der Waals surface area contributed by atoms with Crippen LogP contribution in [-0.2, 0) is 19.6 Å². The number of ether oxygens (including phenoxy) is 1. The molecule has 0 spiro atoms. The van der Waals surface area contributed by atoms with Gasteiger partial charge >= 0.3 is 12.0 Å². The molecule has 1 aromatic carbocycles. The van der Waals surface area contributed by atoms with Crippen molar-refractivity contribution in [3.8, 4) is 0 Å². The molecule has 3 amide bonds. The summed E-state index contributed by atoms with van der Waals surface area (Å²) in [6, 6.07) is 2.95. The van der Waals surface area contributed by atoms with Crippen molar-refractivity contribution in [2.45, 2.75) is 43.5 Å². The summed E-state index contributed by atoms with van der Waals surface area (Å²) < 4.78 is 30.3. The van der Waals surface area contributed by atoms with Gasteiger partial charge in [-0.15, -0.1) is 0 Å². The second-order valence-electron chi connectivity index (χ2n) is 7.40. The first-order valence-electron chi connectivity index (χ1n) is 9.52. The van der Waals surface area contributed by atoms with Gasteiger partial charge in [0.15, 0.2) is 6.61 Å². The number of nitrogens with zero attached hydrogens (tertiary/aromatic N) is 1. The fourth-order valence-corrected chi connectivity index (χ4v) is 4.26. The van der Waals surface area contributed by atoms with E-state index in [0.717, 1.165) is 36.1 Å². The van der Waals surface area contributed by atoms with E-state index in [1.54, 1.807) is 0 Å². The van der Waals surface area contributed by atoms with Crippen molar-refractivity contribution < 1.29 is 27.5 Å². The number of sulfonamides is 1. The number of esters is 1. The van der Waals surface area contributed by atoms with Crippen molar-refractivity contribution in [3.63, 3.8) is 0 Å². The lowest BCUT2D eigenvalue weighted by Gasteiger charge is -2.29. The fraction of sp³-hybridized carbons (Fsp3) is 0.526. The second kappa shape index (κ2) is 10.2. The predicted molar refractivity (Wildman–Crippen MR) is 111 cm³/mol. The molecular formula is C19H26ClN3O6S. The molecule has 11 heteroatoms. The summed E-state index contributed by atoms with van der Waals surface area (Å²) in [6.45, 7) is 1.33. The normalized spacial score (nSPS) is 19.2. The molecule has 30 heavy (non-hydrogen) atoms. The van der Waals surface area contributed by atoms with E-state index < -0.39 is 34.5 Å². The summed E-state index contributed by atoms with van der Waals surface area (Å²) >= 11 is 5.97. The molecule has 2 N–H and O–H groups in total. The van der Waals surface area contributed by atoms with Crippen LogP contribution in [0.2, 0.25) is 5.02 Å².